The van der Waals surface area contributed by atoms with Crippen molar-refractivity contribution in [2.24, 2.45) is 0 Å². The zero-order chi connectivity index (χ0) is 15.4. The van der Waals surface area contributed by atoms with Gasteiger partial charge in [-0.05, 0) is 37.3 Å². The lowest BCUT2D eigenvalue weighted by Gasteiger charge is -2.23. The Hall–Kier alpha value is -1.11. The molecule has 2 aliphatic heterocycles. The second-order valence-corrected chi connectivity index (χ2v) is 6.82. The molecule has 0 saturated carbocycles. The summed E-state index contributed by atoms with van der Waals surface area (Å²) in [5.41, 5.74) is 0.764. The lowest BCUT2D eigenvalue weighted by atomic mass is 10.1. The van der Waals surface area contributed by atoms with Crippen molar-refractivity contribution in [2.45, 2.75) is 31.7 Å². The van der Waals surface area contributed by atoms with E-state index >= 15 is 0 Å². The molecule has 2 saturated heterocycles. The van der Waals surface area contributed by atoms with Gasteiger partial charge in [-0.3, -0.25) is 9.59 Å². The number of carbonyl (C=O) groups is 2. The Kier molecular flexibility index (Phi) is 6.87. The van der Waals surface area contributed by atoms with Gasteiger partial charge in [0.15, 0.2) is 0 Å². The van der Waals surface area contributed by atoms with E-state index in [4.69, 9.17) is 0 Å². The van der Waals surface area contributed by atoms with Crippen molar-refractivity contribution in [1.82, 2.24) is 15.1 Å². The normalized spacial score (nSPS) is 21.7. The molecule has 128 valence electrons. The van der Waals surface area contributed by atoms with Crippen LogP contribution in [0.2, 0.25) is 0 Å². The van der Waals surface area contributed by atoms with Gasteiger partial charge in [-0.25, -0.2) is 0 Å². The SMILES string of the molecule is Cl.O=C(CC1CCCN1)N1CCCN(C(=O)c2ccsc2)CC1. The first-order chi connectivity index (χ1) is 10.7. The van der Waals surface area contributed by atoms with Crippen LogP contribution in [0.1, 0.15) is 36.0 Å². The number of nitrogens with zero attached hydrogens (tertiary/aromatic N) is 2. The fourth-order valence-corrected chi connectivity index (χ4v) is 3.84. The van der Waals surface area contributed by atoms with Gasteiger partial charge in [-0.2, -0.15) is 11.3 Å². The van der Waals surface area contributed by atoms with E-state index in [1.54, 1.807) is 11.3 Å². The van der Waals surface area contributed by atoms with Gasteiger partial charge in [-0.1, -0.05) is 0 Å². The molecule has 0 radical (unpaired) electrons. The predicted octanol–water partition coefficient (Wildman–Crippen LogP) is 1.99. The van der Waals surface area contributed by atoms with Crippen LogP contribution in [0.25, 0.3) is 0 Å². The van der Waals surface area contributed by atoms with Crippen LogP contribution in [0.15, 0.2) is 16.8 Å². The van der Waals surface area contributed by atoms with E-state index in [1.807, 2.05) is 26.6 Å². The van der Waals surface area contributed by atoms with Gasteiger partial charge in [0.05, 0.1) is 5.56 Å². The quantitative estimate of drug-likeness (QED) is 0.900. The van der Waals surface area contributed by atoms with E-state index in [0.29, 0.717) is 25.6 Å². The average Bonchev–Trinajstić information content (AvgIpc) is 3.16. The van der Waals surface area contributed by atoms with Crippen LogP contribution in [0.3, 0.4) is 0 Å². The van der Waals surface area contributed by atoms with Crippen molar-refractivity contribution in [3.63, 3.8) is 0 Å². The highest BCUT2D eigenvalue weighted by Gasteiger charge is 2.25. The third-order valence-electron chi connectivity index (χ3n) is 4.49. The minimum atomic E-state index is 0. The molecule has 7 heteroatoms. The molecule has 2 fully saturated rings. The van der Waals surface area contributed by atoms with Gasteiger partial charge in [0.1, 0.15) is 0 Å². The molecule has 0 spiro atoms. The Morgan fingerprint density at radius 2 is 1.96 bits per heavy atom. The number of rotatable bonds is 3. The summed E-state index contributed by atoms with van der Waals surface area (Å²) in [4.78, 5) is 28.6. The second-order valence-electron chi connectivity index (χ2n) is 6.04. The van der Waals surface area contributed by atoms with Gasteiger partial charge in [0, 0.05) is 44.0 Å². The predicted molar refractivity (Wildman–Crippen MR) is 94.3 cm³/mol. The number of thiophene rings is 1. The maximum Gasteiger partial charge on any atom is 0.254 e. The Morgan fingerprint density at radius 3 is 2.65 bits per heavy atom. The van der Waals surface area contributed by atoms with E-state index in [2.05, 4.69) is 5.32 Å². The molecule has 23 heavy (non-hydrogen) atoms. The maximum absolute atomic E-state index is 12.4. The van der Waals surface area contributed by atoms with Crippen LogP contribution in [0.4, 0.5) is 0 Å². The topological polar surface area (TPSA) is 52.7 Å². The summed E-state index contributed by atoms with van der Waals surface area (Å²) in [6, 6.07) is 2.21. The van der Waals surface area contributed by atoms with E-state index in [1.165, 1.54) is 6.42 Å². The standard InChI is InChI=1S/C16H23N3O2S.ClH/c20-15(11-14-3-1-5-17-14)18-6-2-7-19(9-8-18)16(21)13-4-10-22-12-13;/h4,10,12,14,17H,1-3,5-9,11H2;1H. The highest BCUT2D eigenvalue weighted by Crippen LogP contribution is 2.14. The largest absolute Gasteiger partial charge is 0.341 e. The van der Waals surface area contributed by atoms with Crippen LogP contribution >= 0.6 is 23.7 Å². The molecule has 1 aromatic rings. The molecular formula is C16H24ClN3O2S. The number of halogens is 1. The van der Waals surface area contributed by atoms with Crippen LogP contribution in [-0.4, -0.2) is 60.4 Å². The van der Waals surface area contributed by atoms with Crippen molar-refractivity contribution in [1.29, 1.82) is 0 Å². The molecule has 1 aromatic heterocycles. The van der Waals surface area contributed by atoms with Gasteiger partial charge >= 0.3 is 0 Å². The minimum absolute atomic E-state index is 0. The molecular weight excluding hydrogens is 334 g/mol. The van der Waals surface area contributed by atoms with Crippen LogP contribution in [0, 0.1) is 0 Å². The Labute approximate surface area is 147 Å². The number of amides is 2. The first-order valence-corrected chi connectivity index (χ1v) is 9.01. The minimum Gasteiger partial charge on any atom is -0.341 e. The summed E-state index contributed by atoms with van der Waals surface area (Å²) in [5, 5.41) is 7.19. The van der Waals surface area contributed by atoms with Crippen LogP contribution in [0.5, 0.6) is 0 Å². The van der Waals surface area contributed by atoms with E-state index in [-0.39, 0.29) is 24.2 Å². The molecule has 5 nitrogen and oxygen atoms in total. The summed E-state index contributed by atoms with van der Waals surface area (Å²) < 4.78 is 0. The fraction of sp³-hybridized carbons (Fsp3) is 0.625. The lowest BCUT2D eigenvalue weighted by molar-refractivity contribution is -0.131. The number of nitrogens with one attached hydrogen (secondary N) is 1. The Bertz CT molecular complexity index is 517. The molecule has 2 aliphatic rings. The lowest BCUT2D eigenvalue weighted by Crippen LogP contribution is -2.39. The third kappa shape index (κ3) is 4.68. The smallest absolute Gasteiger partial charge is 0.254 e. The summed E-state index contributed by atoms with van der Waals surface area (Å²) >= 11 is 1.54. The number of carbonyl (C=O) groups excluding carboxylic acids is 2. The van der Waals surface area contributed by atoms with Crippen molar-refractivity contribution < 1.29 is 9.59 Å². The number of hydrogen-bond acceptors (Lipinski definition) is 4. The van der Waals surface area contributed by atoms with E-state index in [9.17, 15) is 9.59 Å². The van der Waals surface area contributed by atoms with Crippen molar-refractivity contribution in [3.05, 3.63) is 22.4 Å². The molecule has 0 bridgehead atoms. The van der Waals surface area contributed by atoms with Gasteiger partial charge in [0.25, 0.3) is 5.91 Å². The molecule has 3 rings (SSSR count). The van der Waals surface area contributed by atoms with Gasteiger partial charge in [-0.15, -0.1) is 12.4 Å². The average molecular weight is 358 g/mol. The molecule has 1 N–H and O–H groups in total. The van der Waals surface area contributed by atoms with Crippen LogP contribution in [-0.2, 0) is 4.79 Å². The van der Waals surface area contributed by atoms with E-state index < -0.39 is 0 Å². The first kappa shape index (κ1) is 18.2. The summed E-state index contributed by atoms with van der Waals surface area (Å²) in [5.74, 6) is 0.317. The summed E-state index contributed by atoms with van der Waals surface area (Å²) in [6.45, 7) is 3.82. The van der Waals surface area contributed by atoms with Crippen molar-refractivity contribution in [3.8, 4) is 0 Å². The Morgan fingerprint density at radius 1 is 1.17 bits per heavy atom. The molecule has 0 aromatic carbocycles. The van der Waals surface area contributed by atoms with Crippen molar-refractivity contribution >= 4 is 35.6 Å². The van der Waals surface area contributed by atoms with Gasteiger partial charge < -0.3 is 15.1 Å². The first-order valence-electron chi connectivity index (χ1n) is 8.06. The molecule has 2 amide bonds. The Balaban J connectivity index is 0.00000192. The molecule has 1 atom stereocenters. The zero-order valence-corrected chi connectivity index (χ0v) is 14.8. The summed E-state index contributed by atoms with van der Waals surface area (Å²) in [6.07, 6.45) is 3.72. The van der Waals surface area contributed by atoms with Gasteiger partial charge in [0.2, 0.25) is 5.91 Å². The highest BCUT2D eigenvalue weighted by atomic mass is 35.5. The monoisotopic (exact) mass is 357 g/mol. The zero-order valence-electron chi connectivity index (χ0n) is 13.2. The highest BCUT2D eigenvalue weighted by molar-refractivity contribution is 7.08. The maximum atomic E-state index is 12.4. The van der Waals surface area contributed by atoms with Crippen molar-refractivity contribution in [2.75, 3.05) is 32.7 Å². The second kappa shape index (κ2) is 8.66. The van der Waals surface area contributed by atoms with E-state index in [0.717, 1.165) is 38.0 Å². The molecule has 0 aliphatic carbocycles. The fourth-order valence-electron chi connectivity index (χ4n) is 3.21. The molecule has 1 unspecified atom stereocenters. The summed E-state index contributed by atoms with van der Waals surface area (Å²) in [7, 11) is 0. The molecule has 3 heterocycles. The number of hydrogen-bond donors (Lipinski definition) is 1. The van der Waals surface area contributed by atoms with Crippen LogP contribution < -0.4 is 5.32 Å². The third-order valence-corrected chi connectivity index (χ3v) is 5.17.